The summed E-state index contributed by atoms with van der Waals surface area (Å²) in [5.74, 6) is 0.206. The maximum Gasteiger partial charge on any atom is 0.237 e. The molecule has 2 aliphatic heterocycles. The molecular formula is C8H14N2O2. The summed E-state index contributed by atoms with van der Waals surface area (Å²) >= 11 is 0. The highest BCUT2D eigenvalue weighted by molar-refractivity contribution is 5.80. The van der Waals surface area contributed by atoms with E-state index >= 15 is 0 Å². The molecule has 2 saturated heterocycles. The van der Waals surface area contributed by atoms with E-state index in [2.05, 4.69) is 5.32 Å². The fraction of sp³-hybridized carbons (Fsp3) is 0.875. The van der Waals surface area contributed by atoms with E-state index in [-0.39, 0.29) is 12.0 Å². The molecule has 2 fully saturated rings. The lowest BCUT2D eigenvalue weighted by atomic mass is 10.1. The second kappa shape index (κ2) is 3.03. The van der Waals surface area contributed by atoms with Gasteiger partial charge in [-0.2, -0.15) is 0 Å². The van der Waals surface area contributed by atoms with Crippen LogP contribution in [0.3, 0.4) is 0 Å². The highest BCUT2D eigenvalue weighted by atomic mass is 16.5. The maximum atomic E-state index is 11.3. The van der Waals surface area contributed by atoms with Crippen LogP contribution in [0.2, 0.25) is 0 Å². The Bertz CT molecular complexity index is 195. The summed E-state index contributed by atoms with van der Waals surface area (Å²) in [5, 5.41) is 3.04. The van der Waals surface area contributed by atoms with Gasteiger partial charge in [-0.1, -0.05) is 0 Å². The van der Waals surface area contributed by atoms with E-state index in [1.165, 1.54) is 0 Å². The lowest BCUT2D eigenvalue weighted by molar-refractivity contribution is -0.129. The van der Waals surface area contributed by atoms with Gasteiger partial charge in [0, 0.05) is 6.61 Å². The zero-order valence-electron chi connectivity index (χ0n) is 7.25. The monoisotopic (exact) mass is 170 g/mol. The average Bonchev–Trinajstić information content (AvgIpc) is 2.59. The Labute approximate surface area is 71.9 Å². The second-order valence-electron chi connectivity index (χ2n) is 3.38. The molecule has 0 spiro atoms. The van der Waals surface area contributed by atoms with E-state index in [4.69, 9.17) is 4.74 Å². The fourth-order valence-electron chi connectivity index (χ4n) is 1.90. The zero-order valence-corrected chi connectivity index (χ0v) is 7.25. The van der Waals surface area contributed by atoms with Gasteiger partial charge in [0.1, 0.15) is 0 Å². The molecule has 0 saturated carbocycles. The molecule has 2 heterocycles. The van der Waals surface area contributed by atoms with Gasteiger partial charge >= 0.3 is 0 Å². The van der Waals surface area contributed by atoms with Gasteiger partial charge < -0.3 is 9.64 Å². The second-order valence-corrected chi connectivity index (χ2v) is 3.38. The summed E-state index contributed by atoms with van der Waals surface area (Å²) in [6.07, 6.45) is 1.18. The summed E-state index contributed by atoms with van der Waals surface area (Å²) in [7, 11) is 0. The van der Waals surface area contributed by atoms with Gasteiger partial charge in [0.05, 0.1) is 25.4 Å². The van der Waals surface area contributed by atoms with Crippen molar-refractivity contribution in [2.45, 2.75) is 25.5 Å². The molecule has 68 valence electrons. The van der Waals surface area contributed by atoms with Crippen molar-refractivity contribution >= 4 is 5.91 Å². The average molecular weight is 170 g/mol. The van der Waals surface area contributed by atoms with Crippen LogP contribution in [-0.4, -0.2) is 42.8 Å². The first-order valence-electron chi connectivity index (χ1n) is 4.41. The van der Waals surface area contributed by atoms with Gasteiger partial charge in [0.25, 0.3) is 0 Å². The number of carbonyl (C=O) groups is 1. The quantitative estimate of drug-likeness (QED) is 0.579. The van der Waals surface area contributed by atoms with E-state index in [1.54, 1.807) is 0 Å². The third-order valence-corrected chi connectivity index (χ3v) is 2.62. The minimum absolute atomic E-state index is 0.203. The Morgan fingerprint density at radius 1 is 1.67 bits per heavy atom. The van der Waals surface area contributed by atoms with Gasteiger partial charge in [-0.25, -0.2) is 0 Å². The standard InChI is InChI=1S/C8H14N2O2/c1-6-7(2-3-12-6)10-5-9-4-8(10)11/h6-7,9H,2-5H2,1H3. The fourth-order valence-corrected chi connectivity index (χ4v) is 1.90. The number of ether oxygens (including phenoxy) is 1. The van der Waals surface area contributed by atoms with E-state index < -0.39 is 0 Å². The van der Waals surface area contributed by atoms with Crippen LogP contribution < -0.4 is 5.32 Å². The van der Waals surface area contributed by atoms with E-state index in [0.717, 1.165) is 13.0 Å². The van der Waals surface area contributed by atoms with E-state index in [0.29, 0.717) is 19.3 Å². The predicted molar refractivity (Wildman–Crippen MR) is 43.5 cm³/mol. The first kappa shape index (κ1) is 8.01. The zero-order chi connectivity index (χ0) is 8.55. The van der Waals surface area contributed by atoms with Crippen molar-refractivity contribution in [3.05, 3.63) is 0 Å². The van der Waals surface area contributed by atoms with Crippen LogP contribution in [0.25, 0.3) is 0 Å². The molecule has 4 nitrogen and oxygen atoms in total. The van der Waals surface area contributed by atoms with Crippen molar-refractivity contribution in [2.24, 2.45) is 0 Å². The van der Waals surface area contributed by atoms with Crippen LogP contribution in [0.15, 0.2) is 0 Å². The first-order chi connectivity index (χ1) is 5.79. The summed E-state index contributed by atoms with van der Waals surface area (Å²) < 4.78 is 5.40. The third-order valence-electron chi connectivity index (χ3n) is 2.62. The largest absolute Gasteiger partial charge is 0.376 e. The van der Waals surface area contributed by atoms with Crippen LogP contribution in [-0.2, 0) is 9.53 Å². The molecular weight excluding hydrogens is 156 g/mol. The molecule has 1 amide bonds. The van der Waals surface area contributed by atoms with E-state index in [1.807, 2.05) is 11.8 Å². The summed E-state index contributed by atoms with van der Waals surface area (Å²) in [6.45, 7) is 4.00. The Hall–Kier alpha value is -0.610. The molecule has 2 aliphatic rings. The third kappa shape index (κ3) is 1.21. The Morgan fingerprint density at radius 3 is 3.00 bits per heavy atom. The van der Waals surface area contributed by atoms with Gasteiger partial charge in [-0.15, -0.1) is 0 Å². The Kier molecular flexibility index (Phi) is 2.02. The molecule has 0 aromatic heterocycles. The molecule has 2 atom stereocenters. The molecule has 4 heteroatoms. The summed E-state index contributed by atoms with van der Waals surface area (Å²) in [5.41, 5.74) is 0. The molecule has 12 heavy (non-hydrogen) atoms. The molecule has 0 aromatic carbocycles. The van der Waals surface area contributed by atoms with Gasteiger partial charge in [-0.3, -0.25) is 10.1 Å². The Morgan fingerprint density at radius 2 is 2.50 bits per heavy atom. The minimum atomic E-state index is 0.203. The minimum Gasteiger partial charge on any atom is -0.376 e. The number of nitrogens with one attached hydrogen (secondary N) is 1. The van der Waals surface area contributed by atoms with Gasteiger partial charge in [-0.05, 0) is 13.3 Å². The number of rotatable bonds is 1. The molecule has 0 aliphatic carbocycles. The highest BCUT2D eigenvalue weighted by Crippen LogP contribution is 2.20. The normalized spacial score (nSPS) is 36.4. The van der Waals surface area contributed by atoms with Crippen molar-refractivity contribution in [3.63, 3.8) is 0 Å². The number of hydrogen-bond acceptors (Lipinski definition) is 3. The predicted octanol–water partition coefficient (Wildman–Crippen LogP) is -0.447. The number of nitrogens with zero attached hydrogens (tertiary/aromatic N) is 1. The van der Waals surface area contributed by atoms with Crippen molar-refractivity contribution in [3.8, 4) is 0 Å². The number of carbonyl (C=O) groups excluding carboxylic acids is 1. The first-order valence-corrected chi connectivity index (χ1v) is 4.41. The van der Waals surface area contributed by atoms with Crippen molar-refractivity contribution < 1.29 is 9.53 Å². The Balaban J connectivity index is 2.03. The number of amides is 1. The van der Waals surface area contributed by atoms with Crippen molar-refractivity contribution in [2.75, 3.05) is 19.8 Å². The van der Waals surface area contributed by atoms with Crippen LogP contribution >= 0.6 is 0 Å². The van der Waals surface area contributed by atoms with Crippen LogP contribution in [0.1, 0.15) is 13.3 Å². The van der Waals surface area contributed by atoms with Crippen molar-refractivity contribution in [1.82, 2.24) is 10.2 Å². The highest BCUT2D eigenvalue weighted by Gasteiger charge is 2.34. The topological polar surface area (TPSA) is 41.6 Å². The van der Waals surface area contributed by atoms with Crippen LogP contribution in [0, 0.1) is 0 Å². The summed E-state index contributed by atoms with van der Waals surface area (Å²) in [6, 6.07) is 0.299. The molecule has 1 N–H and O–H groups in total. The summed E-state index contributed by atoms with van der Waals surface area (Å²) in [4.78, 5) is 13.2. The number of hydrogen-bond donors (Lipinski definition) is 1. The van der Waals surface area contributed by atoms with Crippen LogP contribution in [0.5, 0.6) is 0 Å². The molecule has 2 unspecified atom stereocenters. The maximum absolute atomic E-state index is 11.3. The molecule has 2 rings (SSSR count). The van der Waals surface area contributed by atoms with Crippen molar-refractivity contribution in [1.29, 1.82) is 0 Å². The molecule has 0 aromatic rings. The van der Waals surface area contributed by atoms with Gasteiger partial charge in [0.15, 0.2) is 0 Å². The lowest BCUT2D eigenvalue weighted by Gasteiger charge is -2.25. The smallest absolute Gasteiger partial charge is 0.237 e. The van der Waals surface area contributed by atoms with Crippen LogP contribution in [0.4, 0.5) is 0 Å². The lowest BCUT2D eigenvalue weighted by Crippen LogP contribution is -2.41. The van der Waals surface area contributed by atoms with E-state index in [9.17, 15) is 4.79 Å². The van der Waals surface area contributed by atoms with Gasteiger partial charge in [0.2, 0.25) is 5.91 Å². The molecule has 0 radical (unpaired) electrons. The SMILES string of the molecule is CC1OCCC1N1CNCC1=O. The molecule has 0 bridgehead atoms.